The molecule has 21 heavy (non-hydrogen) atoms. The Morgan fingerprint density at radius 1 is 1.48 bits per heavy atom. The molecule has 0 radical (unpaired) electrons. The maximum atomic E-state index is 12.3. The maximum absolute atomic E-state index is 12.3. The SMILES string of the molecule is Cc1c(C(=O)O)cc(Cl)cc1S(=O)(=O)NCc1cn[nH]c1. The molecule has 3 N–H and O–H groups in total. The average Bonchev–Trinajstić information content (AvgIpc) is 2.91. The third kappa shape index (κ3) is 3.41. The van der Waals surface area contributed by atoms with Gasteiger partial charge in [-0.3, -0.25) is 5.10 Å². The number of halogens is 1. The number of hydrogen-bond acceptors (Lipinski definition) is 4. The smallest absolute Gasteiger partial charge is 0.336 e. The monoisotopic (exact) mass is 329 g/mol. The van der Waals surface area contributed by atoms with Crippen LogP contribution in [0.15, 0.2) is 29.4 Å². The molecule has 0 bridgehead atoms. The predicted octanol–water partition coefficient (Wildman–Crippen LogP) is 1.55. The van der Waals surface area contributed by atoms with Crippen LogP contribution >= 0.6 is 11.6 Å². The number of carboxylic acid groups (broad SMARTS) is 1. The minimum Gasteiger partial charge on any atom is -0.478 e. The van der Waals surface area contributed by atoms with Crippen LogP contribution in [0.25, 0.3) is 0 Å². The molecule has 2 rings (SSSR count). The molecule has 0 fully saturated rings. The van der Waals surface area contributed by atoms with E-state index in [1.807, 2.05) is 0 Å². The normalized spacial score (nSPS) is 11.5. The Balaban J connectivity index is 2.37. The summed E-state index contributed by atoms with van der Waals surface area (Å²) in [7, 11) is -3.88. The fourth-order valence-corrected chi connectivity index (χ4v) is 3.38. The fraction of sp³-hybridized carbons (Fsp3) is 0.167. The van der Waals surface area contributed by atoms with Crippen molar-refractivity contribution < 1.29 is 18.3 Å². The molecular formula is C12H12ClN3O4S. The highest BCUT2D eigenvalue weighted by Gasteiger charge is 2.22. The van der Waals surface area contributed by atoms with E-state index in [1.165, 1.54) is 25.3 Å². The number of aromatic carboxylic acids is 1. The van der Waals surface area contributed by atoms with E-state index in [2.05, 4.69) is 14.9 Å². The van der Waals surface area contributed by atoms with Gasteiger partial charge in [-0.1, -0.05) is 11.6 Å². The van der Waals surface area contributed by atoms with Crippen molar-refractivity contribution in [3.05, 3.63) is 46.2 Å². The molecule has 0 amide bonds. The summed E-state index contributed by atoms with van der Waals surface area (Å²) >= 11 is 5.80. The minimum absolute atomic E-state index is 0.0349. The number of sulfonamides is 1. The molecule has 0 atom stereocenters. The van der Waals surface area contributed by atoms with Crippen molar-refractivity contribution in [3.8, 4) is 0 Å². The molecule has 7 nitrogen and oxygen atoms in total. The summed E-state index contributed by atoms with van der Waals surface area (Å²) in [6, 6.07) is 2.44. The quantitative estimate of drug-likeness (QED) is 0.770. The van der Waals surface area contributed by atoms with Crippen molar-refractivity contribution in [3.63, 3.8) is 0 Å². The van der Waals surface area contributed by atoms with Crippen LogP contribution in [0.4, 0.5) is 0 Å². The van der Waals surface area contributed by atoms with Gasteiger partial charge in [0.05, 0.1) is 16.7 Å². The number of hydrogen-bond donors (Lipinski definition) is 3. The largest absolute Gasteiger partial charge is 0.478 e. The van der Waals surface area contributed by atoms with Crippen LogP contribution in [0.3, 0.4) is 0 Å². The third-order valence-electron chi connectivity index (χ3n) is 2.87. The van der Waals surface area contributed by atoms with Gasteiger partial charge in [-0.25, -0.2) is 17.9 Å². The second kappa shape index (κ2) is 5.84. The van der Waals surface area contributed by atoms with Crippen molar-refractivity contribution in [2.45, 2.75) is 18.4 Å². The lowest BCUT2D eigenvalue weighted by atomic mass is 10.1. The first kappa shape index (κ1) is 15.5. The Hall–Kier alpha value is -1.90. The van der Waals surface area contributed by atoms with Crippen LogP contribution in [-0.4, -0.2) is 29.7 Å². The van der Waals surface area contributed by atoms with Crippen LogP contribution < -0.4 is 4.72 Å². The topological polar surface area (TPSA) is 112 Å². The van der Waals surface area contributed by atoms with Gasteiger partial charge in [-0.2, -0.15) is 5.10 Å². The molecule has 2 aromatic rings. The number of nitrogens with one attached hydrogen (secondary N) is 2. The second-order valence-electron chi connectivity index (χ2n) is 4.31. The van der Waals surface area contributed by atoms with Gasteiger partial charge in [-0.15, -0.1) is 0 Å². The molecule has 0 aliphatic heterocycles. The molecule has 1 aromatic carbocycles. The molecule has 0 aliphatic carbocycles. The van der Waals surface area contributed by atoms with E-state index in [4.69, 9.17) is 16.7 Å². The lowest BCUT2D eigenvalue weighted by molar-refractivity contribution is 0.0696. The van der Waals surface area contributed by atoms with Crippen LogP contribution in [0.1, 0.15) is 21.5 Å². The summed E-state index contributed by atoms with van der Waals surface area (Å²) in [4.78, 5) is 11.0. The van der Waals surface area contributed by atoms with E-state index in [1.54, 1.807) is 6.20 Å². The molecule has 0 saturated carbocycles. The summed E-state index contributed by atoms with van der Waals surface area (Å²) in [5.74, 6) is -1.23. The number of benzene rings is 1. The lowest BCUT2D eigenvalue weighted by Crippen LogP contribution is -2.24. The summed E-state index contributed by atoms with van der Waals surface area (Å²) in [5.41, 5.74) is 0.634. The van der Waals surface area contributed by atoms with Crippen molar-refractivity contribution in [1.29, 1.82) is 0 Å². The number of aromatic amines is 1. The predicted molar refractivity (Wildman–Crippen MR) is 75.8 cm³/mol. The van der Waals surface area contributed by atoms with Crippen LogP contribution in [0.2, 0.25) is 5.02 Å². The highest BCUT2D eigenvalue weighted by Crippen LogP contribution is 2.24. The van der Waals surface area contributed by atoms with Gasteiger partial charge in [0.2, 0.25) is 10.0 Å². The molecule has 1 aromatic heterocycles. The van der Waals surface area contributed by atoms with Gasteiger partial charge in [0.15, 0.2) is 0 Å². The highest BCUT2D eigenvalue weighted by atomic mass is 35.5. The van der Waals surface area contributed by atoms with Gasteiger partial charge in [-0.05, 0) is 24.6 Å². The lowest BCUT2D eigenvalue weighted by Gasteiger charge is -2.11. The Morgan fingerprint density at radius 2 is 2.19 bits per heavy atom. The van der Waals surface area contributed by atoms with E-state index in [-0.39, 0.29) is 27.6 Å². The highest BCUT2D eigenvalue weighted by molar-refractivity contribution is 7.89. The van der Waals surface area contributed by atoms with Gasteiger partial charge in [0, 0.05) is 23.3 Å². The van der Waals surface area contributed by atoms with E-state index < -0.39 is 16.0 Å². The van der Waals surface area contributed by atoms with Crippen molar-refractivity contribution in [1.82, 2.24) is 14.9 Å². The summed E-state index contributed by atoms with van der Waals surface area (Å²) in [5, 5.41) is 15.4. The molecule has 0 spiro atoms. The van der Waals surface area contributed by atoms with Gasteiger partial charge in [0.1, 0.15) is 0 Å². The molecule has 0 aliphatic rings. The third-order valence-corrected chi connectivity index (χ3v) is 4.61. The standard InChI is InChI=1S/C12H12ClN3O4S/c1-7-10(12(17)18)2-9(13)3-11(7)21(19,20)16-6-8-4-14-15-5-8/h2-5,16H,6H2,1H3,(H,14,15)(H,17,18). The van der Waals surface area contributed by atoms with Crippen LogP contribution in [0, 0.1) is 6.92 Å². The zero-order valence-corrected chi connectivity index (χ0v) is 12.5. The summed E-state index contributed by atoms with van der Waals surface area (Å²) in [6.07, 6.45) is 3.03. The van der Waals surface area contributed by atoms with Crippen molar-refractivity contribution >= 4 is 27.6 Å². The fourth-order valence-electron chi connectivity index (χ4n) is 1.79. The molecule has 112 valence electrons. The average molecular weight is 330 g/mol. The minimum atomic E-state index is -3.88. The second-order valence-corrected chi connectivity index (χ2v) is 6.48. The van der Waals surface area contributed by atoms with Crippen LogP contribution in [-0.2, 0) is 16.6 Å². The van der Waals surface area contributed by atoms with E-state index in [0.29, 0.717) is 5.56 Å². The number of rotatable bonds is 5. The number of carboxylic acids is 1. The van der Waals surface area contributed by atoms with E-state index in [9.17, 15) is 13.2 Å². The summed E-state index contributed by atoms with van der Waals surface area (Å²) < 4.78 is 26.9. The van der Waals surface area contributed by atoms with Gasteiger partial charge < -0.3 is 5.11 Å². The Morgan fingerprint density at radius 3 is 2.76 bits per heavy atom. The Labute approximate surface area is 126 Å². The molecule has 1 heterocycles. The molecule has 0 unspecified atom stereocenters. The van der Waals surface area contributed by atoms with Gasteiger partial charge in [0.25, 0.3) is 0 Å². The zero-order valence-electron chi connectivity index (χ0n) is 10.9. The van der Waals surface area contributed by atoms with Gasteiger partial charge >= 0.3 is 5.97 Å². The van der Waals surface area contributed by atoms with Crippen LogP contribution in [0.5, 0.6) is 0 Å². The Kier molecular flexibility index (Phi) is 4.31. The first-order chi connectivity index (χ1) is 9.81. The Bertz CT molecular complexity index is 772. The first-order valence-electron chi connectivity index (χ1n) is 5.82. The van der Waals surface area contributed by atoms with Crippen molar-refractivity contribution in [2.75, 3.05) is 0 Å². The summed E-state index contributed by atoms with van der Waals surface area (Å²) in [6.45, 7) is 1.46. The molecule has 0 saturated heterocycles. The zero-order chi connectivity index (χ0) is 15.6. The maximum Gasteiger partial charge on any atom is 0.336 e. The van der Waals surface area contributed by atoms with E-state index >= 15 is 0 Å². The van der Waals surface area contributed by atoms with Crippen molar-refractivity contribution in [2.24, 2.45) is 0 Å². The number of carbonyl (C=O) groups is 1. The number of H-pyrrole nitrogens is 1. The van der Waals surface area contributed by atoms with E-state index in [0.717, 1.165) is 0 Å². The molecular weight excluding hydrogens is 318 g/mol. The number of aromatic nitrogens is 2. The molecule has 9 heteroatoms. The first-order valence-corrected chi connectivity index (χ1v) is 7.68. The number of nitrogens with zero attached hydrogens (tertiary/aromatic N) is 1.